The van der Waals surface area contributed by atoms with Crippen LogP contribution in [0.1, 0.15) is 5.01 Å². The Hall–Kier alpha value is -1.73. The largest absolute Gasteiger partial charge is 0.397 e. The number of hydrogen-bond acceptors (Lipinski definition) is 4. The number of benzene rings is 2. The minimum absolute atomic E-state index is 0.140. The summed E-state index contributed by atoms with van der Waals surface area (Å²) in [6, 6.07) is 5.69. The molecule has 2 aromatic carbocycles. The number of hydrogen-bond donors (Lipinski definition) is 2. The Morgan fingerprint density at radius 2 is 1.90 bits per heavy atom. The molecular weight excluding hydrogens is 360 g/mol. The number of nitrogens with zero attached hydrogens (tertiary/aromatic N) is 1. The van der Waals surface area contributed by atoms with E-state index < -0.39 is 11.6 Å². The average molecular weight is 370 g/mol. The first-order valence-corrected chi connectivity index (χ1v) is 7.63. The van der Waals surface area contributed by atoms with Crippen LogP contribution in [0.15, 0.2) is 28.7 Å². The molecule has 0 atom stereocenters. The molecule has 3 nitrogen and oxygen atoms in total. The van der Waals surface area contributed by atoms with Crippen molar-refractivity contribution in [3.05, 3.63) is 45.4 Å². The van der Waals surface area contributed by atoms with Gasteiger partial charge in [0.05, 0.1) is 36.8 Å². The molecule has 0 saturated heterocycles. The van der Waals surface area contributed by atoms with Gasteiger partial charge < -0.3 is 11.1 Å². The highest BCUT2D eigenvalue weighted by atomic mass is 79.9. The summed E-state index contributed by atoms with van der Waals surface area (Å²) in [6.45, 7) is 1.91. The number of halogens is 3. The second-order valence-electron chi connectivity index (χ2n) is 4.51. The van der Waals surface area contributed by atoms with Gasteiger partial charge in [-0.25, -0.2) is 13.8 Å². The monoisotopic (exact) mass is 369 g/mol. The van der Waals surface area contributed by atoms with E-state index in [2.05, 4.69) is 26.2 Å². The lowest BCUT2D eigenvalue weighted by Crippen LogP contribution is -1.99. The van der Waals surface area contributed by atoms with Crippen molar-refractivity contribution in [1.82, 2.24) is 4.98 Å². The maximum absolute atomic E-state index is 13.8. The minimum atomic E-state index is -0.690. The fourth-order valence-corrected chi connectivity index (χ4v) is 3.18. The summed E-state index contributed by atoms with van der Waals surface area (Å²) in [5.74, 6) is -1.35. The number of nitrogens with two attached hydrogens (primary N) is 1. The molecule has 0 spiro atoms. The van der Waals surface area contributed by atoms with E-state index in [1.165, 1.54) is 17.4 Å². The third kappa shape index (κ3) is 2.71. The first-order valence-electron chi connectivity index (χ1n) is 6.02. The number of thiazole rings is 1. The van der Waals surface area contributed by atoms with Crippen LogP contribution in [0.3, 0.4) is 0 Å². The summed E-state index contributed by atoms with van der Waals surface area (Å²) >= 11 is 4.57. The molecule has 3 N–H and O–H groups in total. The molecule has 7 heteroatoms. The number of aryl methyl sites for hydroxylation is 1. The van der Waals surface area contributed by atoms with Crippen LogP contribution in [-0.2, 0) is 0 Å². The number of nitrogens with one attached hydrogen (secondary N) is 1. The fourth-order valence-electron chi connectivity index (χ4n) is 1.98. The number of aromatic nitrogens is 1. The molecule has 0 aliphatic heterocycles. The maximum atomic E-state index is 13.8. The van der Waals surface area contributed by atoms with E-state index in [0.29, 0.717) is 11.4 Å². The SMILES string of the molecule is Cc1nc2cc(Nc3cc(Br)c(F)cc3F)c(N)cc2s1. The fraction of sp³-hybridized carbons (Fsp3) is 0.0714. The lowest BCUT2D eigenvalue weighted by atomic mass is 10.2. The van der Waals surface area contributed by atoms with Gasteiger partial charge in [-0.2, -0.15) is 0 Å². The van der Waals surface area contributed by atoms with Gasteiger partial charge in [-0.15, -0.1) is 11.3 Å². The smallest absolute Gasteiger partial charge is 0.149 e. The van der Waals surface area contributed by atoms with Gasteiger partial charge in [0, 0.05) is 6.07 Å². The first kappa shape index (κ1) is 14.2. The summed E-state index contributed by atoms with van der Waals surface area (Å²) in [7, 11) is 0. The molecule has 3 rings (SSSR count). The van der Waals surface area contributed by atoms with Crippen LogP contribution < -0.4 is 11.1 Å². The Bertz CT molecular complexity index is 848. The Labute approximate surface area is 131 Å². The molecule has 0 saturated carbocycles. The van der Waals surface area contributed by atoms with Crippen molar-refractivity contribution >= 4 is 54.5 Å². The summed E-state index contributed by atoms with van der Waals surface area (Å²) in [5.41, 5.74) is 7.91. The van der Waals surface area contributed by atoms with Crippen molar-refractivity contribution < 1.29 is 8.78 Å². The molecule has 3 aromatic rings. The van der Waals surface area contributed by atoms with Crippen LogP contribution in [0.5, 0.6) is 0 Å². The molecule has 1 aromatic heterocycles. The first-order chi connectivity index (χ1) is 9.94. The summed E-state index contributed by atoms with van der Waals surface area (Å²) < 4.78 is 28.2. The standard InChI is InChI=1S/C14H10BrF2N3S/c1-6-19-13-5-12(10(18)4-14(13)21-6)20-11-2-7(15)8(16)3-9(11)17/h2-5,20H,18H2,1H3. The third-order valence-electron chi connectivity index (χ3n) is 2.95. The van der Waals surface area contributed by atoms with Crippen molar-refractivity contribution in [1.29, 1.82) is 0 Å². The predicted octanol–water partition coefficient (Wildman–Crippen LogP) is 4.97. The molecule has 0 aliphatic carbocycles. The Balaban J connectivity index is 2.05. The lowest BCUT2D eigenvalue weighted by Gasteiger charge is -2.11. The van der Waals surface area contributed by atoms with Crippen LogP contribution in [-0.4, -0.2) is 4.98 Å². The van der Waals surface area contributed by atoms with Crippen LogP contribution in [0.25, 0.3) is 10.2 Å². The minimum Gasteiger partial charge on any atom is -0.397 e. The second kappa shape index (κ2) is 5.23. The van der Waals surface area contributed by atoms with E-state index in [0.717, 1.165) is 21.3 Å². The molecule has 0 bridgehead atoms. The van der Waals surface area contributed by atoms with E-state index in [1.807, 2.05) is 6.92 Å². The summed E-state index contributed by atoms with van der Waals surface area (Å²) in [4.78, 5) is 4.37. The van der Waals surface area contributed by atoms with Gasteiger partial charge in [-0.05, 0) is 41.1 Å². The normalized spacial score (nSPS) is 11.0. The van der Waals surface area contributed by atoms with Crippen molar-refractivity contribution in [3.8, 4) is 0 Å². The zero-order valence-electron chi connectivity index (χ0n) is 10.9. The highest BCUT2D eigenvalue weighted by molar-refractivity contribution is 9.10. The van der Waals surface area contributed by atoms with Crippen LogP contribution in [0.2, 0.25) is 0 Å². The van der Waals surface area contributed by atoms with Gasteiger partial charge in [0.15, 0.2) is 0 Å². The molecule has 0 unspecified atom stereocenters. The number of fused-ring (bicyclic) bond motifs is 1. The molecule has 0 fully saturated rings. The Morgan fingerprint density at radius 3 is 2.67 bits per heavy atom. The topological polar surface area (TPSA) is 50.9 Å². The van der Waals surface area contributed by atoms with Gasteiger partial charge >= 0.3 is 0 Å². The predicted molar refractivity (Wildman–Crippen MR) is 86.1 cm³/mol. The van der Waals surface area contributed by atoms with Crippen molar-refractivity contribution in [2.24, 2.45) is 0 Å². The van der Waals surface area contributed by atoms with E-state index in [9.17, 15) is 8.78 Å². The zero-order valence-corrected chi connectivity index (χ0v) is 13.3. The van der Waals surface area contributed by atoms with Gasteiger partial charge in [0.2, 0.25) is 0 Å². The van der Waals surface area contributed by atoms with Crippen molar-refractivity contribution in [2.45, 2.75) is 6.92 Å². The van der Waals surface area contributed by atoms with Gasteiger partial charge in [0.25, 0.3) is 0 Å². The van der Waals surface area contributed by atoms with Crippen LogP contribution >= 0.6 is 27.3 Å². The van der Waals surface area contributed by atoms with Gasteiger partial charge in [-0.1, -0.05) is 0 Å². The van der Waals surface area contributed by atoms with Gasteiger partial charge in [-0.3, -0.25) is 0 Å². The van der Waals surface area contributed by atoms with E-state index in [-0.39, 0.29) is 10.2 Å². The molecular formula is C14H10BrF2N3S. The molecule has 0 aliphatic rings. The van der Waals surface area contributed by atoms with E-state index in [4.69, 9.17) is 5.73 Å². The zero-order chi connectivity index (χ0) is 15.1. The number of rotatable bonds is 2. The van der Waals surface area contributed by atoms with E-state index >= 15 is 0 Å². The van der Waals surface area contributed by atoms with Crippen LogP contribution in [0, 0.1) is 18.6 Å². The quantitative estimate of drug-likeness (QED) is 0.495. The van der Waals surface area contributed by atoms with Crippen LogP contribution in [0.4, 0.5) is 25.8 Å². The van der Waals surface area contributed by atoms with E-state index in [1.54, 1.807) is 12.1 Å². The molecule has 1 heterocycles. The van der Waals surface area contributed by atoms with Crippen molar-refractivity contribution in [3.63, 3.8) is 0 Å². The van der Waals surface area contributed by atoms with Gasteiger partial charge in [0.1, 0.15) is 11.6 Å². The highest BCUT2D eigenvalue weighted by Crippen LogP contribution is 2.33. The molecule has 108 valence electrons. The lowest BCUT2D eigenvalue weighted by molar-refractivity contribution is 0.581. The summed E-state index contributed by atoms with van der Waals surface area (Å²) in [6.07, 6.45) is 0. The number of nitrogen functional groups attached to an aromatic ring is 1. The Morgan fingerprint density at radius 1 is 1.14 bits per heavy atom. The Kier molecular flexibility index (Phi) is 3.54. The van der Waals surface area contributed by atoms with Crippen molar-refractivity contribution in [2.75, 3.05) is 11.1 Å². The average Bonchev–Trinajstić information content (AvgIpc) is 2.75. The number of anilines is 3. The second-order valence-corrected chi connectivity index (χ2v) is 6.60. The third-order valence-corrected chi connectivity index (χ3v) is 4.49. The maximum Gasteiger partial charge on any atom is 0.149 e. The highest BCUT2D eigenvalue weighted by Gasteiger charge is 2.11. The summed E-state index contributed by atoms with van der Waals surface area (Å²) in [5, 5.41) is 3.81. The molecule has 21 heavy (non-hydrogen) atoms. The molecule has 0 amide bonds. The molecule has 0 radical (unpaired) electrons.